The third-order valence-electron chi connectivity index (χ3n) is 3.75. The summed E-state index contributed by atoms with van der Waals surface area (Å²) in [7, 11) is 0. The van der Waals surface area contributed by atoms with E-state index in [0.29, 0.717) is 15.6 Å². The zero-order valence-electron chi connectivity index (χ0n) is 15.2. The number of para-hydroxylation sites is 1. The average molecular weight is 409 g/mol. The number of esters is 1. The Morgan fingerprint density at radius 3 is 2.37 bits per heavy atom. The minimum atomic E-state index is -1.05. The number of benzene rings is 1. The van der Waals surface area contributed by atoms with E-state index in [-0.39, 0.29) is 11.8 Å². The van der Waals surface area contributed by atoms with Crippen LogP contribution in [0, 0.1) is 5.92 Å². The second-order valence-electron chi connectivity index (χ2n) is 6.22. The van der Waals surface area contributed by atoms with Crippen molar-refractivity contribution in [3.63, 3.8) is 0 Å². The lowest BCUT2D eigenvalue weighted by Gasteiger charge is -2.22. The molecule has 0 spiro atoms. The minimum absolute atomic E-state index is 0.208. The molecule has 0 saturated heterocycles. The molecule has 0 aliphatic carbocycles. The van der Waals surface area contributed by atoms with Crippen LogP contribution in [0.3, 0.4) is 0 Å². The van der Waals surface area contributed by atoms with Crippen LogP contribution < -0.4 is 10.6 Å². The number of amides is 2. The standard InChI is InChI=1S/C19H21ClN2O4S/c1-11(2)16(22-18(24)15-9-6-10-27-15)19(25)26-12(3)17(23)21-14-8-5-4-7-13(14)20/h4-12,16H,1-3H3,(H,21,23)(H,22,24)/t12-,16+/m0/s1. The summed E-state index contributed by atoms with van der Waals surface area (Å²) in [4.78, 5) is 37.5. The molecule has 0 bridgehead atoms. The summed E-state index contributed by atoms with van der Waals surface area (Å²) < 4.78 is 5.26. The zero-order valence-corrected chi connectivity index (χ0v) is 16.8. The highest BCUT2D eigenvalue weighted by molar-refractivity contribution is 7.12. The van der Waals surface area contributed by atoms with Crippen molar-refractivity contribution in [3.05, 3.63) is 51.7 Å². The van der Waals surface area contributed by atoms with Crippen molar-refractivity contribution < 1.29 is 19.1 Å². The third kappa shape index (κ3) is 5.80. The smallest absolute Gasteiger partial charge is 0.329 e. The summed E-state index contributed by atoms with van der Waals surface area (Å²) in [5.41, 5.74) is 0.429. The van der Waals surface area contributed by atoms with Crippen LogP contribution in [0.5, 0.6) is 0 Å². The summed E-state index contributed by atoms with van der Waals surface area (Å²) in [6.07, 6.45) is -1.05. The van der Waals surface area contributed by atoms with Gasteiger partial charge in [0.15, 0.2) is 6.10 Å². The summed E-state index contributed by atoms with van der Waals surface area (Å²) in [6.45, 7) is 5.03. The largest absolute Gasteiger partial charge is 0.451 e. The second-order valence-corrected chi connectivity index (χ2v) is 7.58. The summed E-state index contributed by atoms with van der Waals surface area (Å²) in [6, 6.07) is 9.31. The number of nitrogens with one attached hydrogen (secondary N) is 2. The van der Waals surface area contributed by atoms with Gasteiger partial charge >= 0.3 is 5.97 Å². The number of halogens is 1. The Morgan fingerprint density at radius 2 is 1.78 bits per heavy atom. The Bertz CT molecular complexity index is 808. The quantitative estimate of drug-likeness (QED) is 0.683. The van der Waals surface area contributed by atoms with E-state index in [1.807, 2.05) is 0 Å². The molecule has 2 N–H and O–H groups in total. The van der Waals surface area contributed by atoms with Crippen molar-refractivity contribution in [2.24, 2.45) is 5.92 Å². The molecule has 0 unspecified atom stereocenters. The average Bonchev–Trinajstić information content (AvgIpc) is 3.15. The Kier molecular flexibility index (Phi) is 7.38. The molecular formula is C19H21ClN2O4S. The number of carbonyl (C=O) groups excluding carboxylic acids is 3. The van der Waals surface area contributed by atoms with Crippen LogP contribution in [0.4, 0.5) is 5.69 Å². The van der Waals surface area contributed by atoms with Crippen molar-refractivity contribution in [3.8, 4) is 0 Å². The van der Waals surface area contributed by atoms with Gasteiger partial charge < -0.3 is 15.4 Å². The van der Waals surface area contributed by atoms with E-state index in [9.17, 15) is 14.4 Å². The summed E-state index contributed by atoms with van der Waals surface area (Å²) in [5.74, 6) is -1.74. The van der Waals surface area contributed by atoms with E-state index in [4.69, 9.17) is 16.3 Å². The van der Waals surface area contributed by atoms with Crippen molar-refractivity contribution in [1.82, 2.24) is 5.32 Å². The molecular weight excluding hydrogens is 388 g/mol. The summed E-state index contributed by atoms with van der Waals surface area (Å²) in [5, 5.41) is 7.44. The molecule has 2 aromatic rings. The maximum absolute atomic E-state index is 12.5. The first-order valence-corrected chi connectivity index (χ1v) is 9.65. The van der Waals surface area contributed by atoms with Crippen molar-refractivity contribution in [2.75, 3.05) is 5.32 Å². The lowest BCUT2D eigenvalue weighted by molar-refractivity contribution is -0.156. The number of rotatable bonds is 7. The summed E-state index contributed by atoms with van der Waals surface area (Å²) >= 11 is 7.28. The molecule has 0 aliphatic heterocycles. The number of ether oxygens (including phenoxy) is 1. The lowest BCUT2D eigenvalue weighted by atomic mass is 10.0. The molecule has 27 heavy (non-hydrogen) atoms. The van der Waals surface area contributed by atoms with E-state index in [1.54, 1.807) is 55.6 Å². The number of carbonyl (C=O) groups is 3. The van der Waals surface area contributed by atoms with Gasteiger partial charge in [-0.1, -0.05) is 43.6 Å². The SMILES string of the molecule is CC(C)[C@@H](NC(=O)c1cccs1)C(=O)O[C@@H](C)C(=O)Nc1ccccc1Cl. The highest BCUT2D eigenvalue weighted by Gasteiger charge is 2.29. The van der Waals surface area contributed by atoms with Crippen molar-refractivity contribution in [1.29, 1.82) is 0 Å². The monoisotopic (exact) mass is 408 g/mol. The molecule has 2 rings (SSSR count). The van der Waals surface area contributed by atoms with Crippen LogP contribution >= 0.6 is 22.9 Å². The minimum Gasteiger partial charge on any atom is -0.451 e. The van der Waals surface area contributed by atoms with Gasteiger partial charge in [0.2, 0.25) is 0 Å². The number of thiophene rings is 1. The first-order chi connectivity index (χ1) is 12.8. The van der Waals surface area contributed by atoms with Crippen LogP contribution in [0.1, 0.15) is 30.4 Å². The van der Waals surface area contributed by atoms with Gasteiger partial charge in [-0.15, -0.1) is 11.3 Å². The van der Waals surface area contributed by atoms with Crippen molar-refractivity contribution in [2.45, 2.75) is 32.9 Å². The maximum Gasteiger partial charge on any atom is 0.329 e. The fourth-order valence-electron chi connectivity index (χ4n) is 2.22. The second kappa shape index (κ2) is 9.53. The van der Waals surface area contributed by atoms with Crippen LogP contribution in [0.15, 0.2) is 41.8 Å². The van der Waals surface area contributed by atoms with Gasteiger partial charge in [0.05, 0.1) is 15.6 Å². The predicted molar refractivity (Wildman–Crippen MR) is 106 cm³/mol. The van der Waals surface area contributed by atoms with Gasteiger partial charge in [-0.3, -0.25) is 9.59 Å². The van der Waals surface area contributed by atoms with Gasteiger partial charge in [-0.25, -0.2) is 4.79 Å². The predicted octanol–water partition coefficient (Wildman–Crippen LogP) is 3.73. The molecule has 2 atom stereocenters. The van der Waals surface area contributed by atoms with E-state index in [2.05, 4.69) is 10.6 Å². The molecule has 0 aliphatic rings. The molecule has 0 radical (unpaired) electrons. The molecule has 1 aromatic heterocycles. The fraction of sp³-hybridized carbons (Fsp3) is 0.316. The van der Waals surface area contributed by atoms with Crippen LogP contribution in [0.2, 0.25) is 5.02 Å². The number of hydrogen-bond donors (Lipinski definition) is 2. The van der Waals surface area contributed by atoms with Gasteiger partial charge in [0.1, 0.15) is 6.04 Å². The molecule has 6 nitrogen and oxygen atoms in total. The van der Waals surface area contributed by atoms with Gasteiger partial charge in [0.25, 0.3) is 11.8 Å². The number of hydrogen-bond acceptors (Lipinski definition) is 5. The lowest BCUT2D eigenvalue weighted by Crippen LogP contribution is -2.47. The molecule has 0 saturated carbocycles. The van der Waals surface area contributed by atoms with Gasteiger partial charge in [-0.2, -0.15) is 0 Å². The maximum atomic E-state index is 12.5. The van der Waals surface area contributed by atoms with Crippen LogP contribution in [-0.4, -0.2) is 29.9 Å². The molecule has 8 heteroatoms. The zero-order chi connectivity index (χ0) is 20.0. The van der Waals surface area contributed by atoms with E-state index in [0.717, 1.165) is 0 Å². The topological polar surface area (TPSA) is 84.5 Å². The molecule has 0 fully saturated rings. The highest BCUT2D eigenvalue weighted by Crippen LogP contribution is 2.21. The van der Waals surface area contributed by atoms with E-state index >= 15 is 0 Å². The Labute approximate surface area is 166 Å². The van der Waals surface area contributed by atoms with Crippen LogP contribution in [-0.2, 0) is 14.3 Å². The first kappa shape index (κ1) is 20.9. The first-order valence-electron chi connectivity index (χ1n) is 8.40. The molecule has 1 aromatic carbocycles. The molecule has 1 heterocycles. The highest BCUT2D eigenvalue weighted by atomic mass is 35.5. The molecule has 2 amide bonds. The van der Waals surface area contributed by atoms with Gasteiger partial charge in [-0.05, 0) is 36.4 Å². The normalized spacial score (nSPS) is 12.9. The fourth-order valence-corrected chi connectivity index (χ4v) is 3.03. The van der Waals surface area contributed by atoms with E-state index in [1.165, 1.54) is 18.3 Å². The Morgan fingerprint density at radius 1 is 1.07 bits per heavy atom. The Hall–Kier alpha value is -2.38. The molecule has 144 valence electrons. The van der Waals surface area contributed by atoms with Crippen molar-refractivity contribution >= 4 is 46.4 Å². The number of anilines is 1. The van der Waals surface area contributed by atoms with E-state index < -0.39 is 24.0 Å². The Balaban J connectivity index is 1.98. The van der Waals surface area contributed by atoms with Gasteiger partial charge in [0, 0.05) is 0 Å². The third-order valence-corrected chi connectivity index (χ3v) is 4.94. The van der Waals surface area contributed by atoms with Crippen LogP contribution in [0.25, 0.3) is 0 Å².